The number of piperidine rings is 1. The number of ether oxygens (including phenoxy) is 2. The van der Waals surface area contributed by atoms with Crippen LogP contribution in [0.25, 0.3) is 0 Å². The van der Waals surface area contributed by atoms with Crippen LogP contribution in [0.5, 0.6) is 5.75 Å². The first-order valence-electron chi connectivity index (χ1n) is 10.7. The monoisotopic (exact) mass is 419 g/mol. The molecule has 2 unspecified atom stereocenters. The molecule has 1 aromatic carbocycles. The van der Waals surface area contributed by atoms with Crippen molar-refractivity contribution in [1.29, 1.82) is 0 Å². The summed E-state index contributed by atoms with van der Waals surface area (Å²) in [6, 6.07) is 7.52. The van der Waals surface area contributed by atoms with Crippen LogP contribution >= 0.6 is 0 Å². The third-order valence-corrected chi connectivity index (χ3v) is 5.86. The number of amides is 2. The summed E-state index contributed by atoms with van der Waals surface area (Å²) in [5, 5.41) is 13.0. The second-order valence-electron chi connectivity index (χ2n) is 8.10. The zero-order chi connectivity index (χ0) is 21.5. The van der Waals surface area contributed by atoms with Crippen LogP contribution in [0, 0.1) is 6.92 Å². The van der Waals surface area contributed by atoms with Gasteiger partial charge in [0.2, 0.25) is 5.91 Å². The van der Waals surface area contributed by atoms with E-state index in [-0.39, 0.29) is 30.5 Å². The maximum absolute atomic E-state index is 12.5. The van der Waals surface area contributed by atoms with Crippen molar-refractivity contribution in [1.82, 2.24) is 15.1 Å². The minimum atomic E-state index is -0.495. The van der Waals surface area contributed by atoms with Crippen LogP contribution in [0.1, 0.15) is 24.8 Å². The molecular formula is C22H33N3O5. The van der Waals surface area contributed by atoms with E-state index >= 15 is 0 Å². The standard InChI is InChI=1S/C22H33N3O5/c1-16-4-3-5-19(12-16)30-15-21(27)24-9-6-17(7-10-24)25-14-18(26)13-20(25)22(28)23-8-11-29-2/h3-5,12,17-18,20,26H,6-11,13-15H2,1-2H3,(H,23,28). The first-order valence-corrected chi connectivity index (χ1v) is 10.7. The Hall–Kier alpha value is -2.16. The van der Waals surface area contributed by atoms with E-state index < -0.39 is 6.10 Å². The topological polar surface area (TPSA) is 91.3 Å². The molecule has 2 atom stereocenters. The molecule has 3 rings (SSSR count). The highest BCUT2D eigenvalue weighted by Gasteiger charge is 2.40. The molecule has 1 aromatic rings. The minimum absolute atomic E-state index is 0.0229. The molecule has 2 aliphatic heterocycles. The highest BCUT2D eigenvalue weighted by atomic mass is 16.5. The lowest BCUT2D eigenvalue weighted by Gasteiger charge is -2.38. The van der Waals surface area contributed by atoms with Crippen molar-refractivity contribution in [2.24, 2.45) is 0 Å². The fourth-order valence-corrected chi connectivity index (χ4v) is 4.28. The fraction of sp³-hybridized carbons (Fsp3) is 0.636. The molecule has 0 bridgehead atoms. The van der Waals surface area contributed by atoms with Crippen molar-refractivity contribution in [2.45, 2.75) is 44.4 Å². The predicted octanol–water partition coefficient (Wildman–Crippen LogP) is 0.563. The van der Waals surface area contributed by atoms with Gasteiger partial charge in [-0.3, -0.25) is 14.5 Å². The van der Waals surface area contributed by atoms with Crippen molar-refractivity contribution in [3.05, 3.63) is 29.8 Å². The molecule has 8 nitrogen and oxygen atoms in total. The van der Waals surface area contributed by atoms with E-state index in [0.29, 0.717) is 45.0 Å². The molecule has 0 spiro atoms. The number of carbonyl (C=O) groups is 2. The molecule has 0 radical (unpaired) electrons. The van der Waals surface area contributed by atoms with Gasteiger partial charge in [-0.25, -0.2) is 0 Å². The summed E-state index contributed by atoms with van der Waals surface area (Å²) >= 11 is 0. The number of nitrogens with zero attached hydrogens (tertiary/aromatic N) is 2. The third-order valence-electron chi connectivity index (χ3n) is 5.86. The first kappa shape index (κ1) is 22.5. The molecule has 166 valence electrons. The molecule has 0 aromatic heterocycles. The van der Waals surface area contributed by atoms with Crippen LogP contribution in [-0.2, 0) is 14.3 Å². The fourth-order valence-electron chi connectivity index (χ4n) is 4.28. The van der Waals surface area contributed by atoms with Crippen molar-refractivity contribution < 1.29 is 24.2 Å². The number of hydrogen-bond acceptors (Lipinski definition) is 6. The Kier molecular flexibility index (Phi) is 8.07. The lowest BCUT2D eigenvalue weighted by molar-refractivity contribution is -0.136. The summed E-state index contributed by atoms with van der Waals surface area (Å²) in [5.41, 5.74) is 1.09. The number of aryl methyl sites for hydroxylation is 1. The third kappa shape index (κ3) is 5.93. The molecule has 2 heterocycles. The summed E-state index contributed by atoms with van der Waals surface area (Å²) in [5.74, 6) is 0.616. The number of aliphatic hydroxyl groups is 1. The molecule has 0 saturated carbocycles. The van der Waals surface area contributed by atoms with Gasteiger partial charge >= 0.3 is 0 Å². The van der Waals surface area contributed by atoms with Crippen molar-refractivity contribution in [3.8, 4) is 5.75 Å². The predicted molar refractivity (Wildman–Crippen MR) is 112 cm³/mol. The number of β-amino-alcohol motifs (C(OH)–C–C–N with tert-alkyl or cyclic N) is 1. The molecule has 2 aliphatic rings. The van der Waals surface area contributed by atoms with Gasteiger partial charge in [0.1, 0.15) is 5.75 Å². The van der Waals surface area contributed by atoms with Gasteiger partial charge in [-0.15, -0.1) is 0 Å². The van der Waals surface area contributed by atoms with Crippen LogP contribution in [0.4, 0.5) is 0 Å². The van der Waals surface area contributed by atoms with E-state index in [1.54, 1.807) is 7.11 Å². The molecule has 2 fully saturated rings. The Morgan fingerprint density at radius 1 is 1.27 bits per heavy atom. The largest absolute Gasteiger partial charge is 0.484 e. The highest BCUT2D eigenvalue weighted by molar-refractivity contribution is 5.82. The van der Waals surface area contributed by atoms with E-state index in [0.717, 1.165) is 18.4 Å². The smallest absolute Gasteiger partial charge is 0.260 e. The number of benzene rings is 1. The Morgan fingerprint density at radius 2 is 2.03 bits per heavy atom. The van der Waals surface area contributed by atoms with Crippen LogP contribution < -0.4 is 10.1 Å². The Labute approximate surface area is 178 Å². The molecule has 8 heteroatoms. The molecule has 2 saturated heterocycles. The average molecular weight is 420 g/mol. The maximum atomic E-state index is 12.5. The number of hydrogen-bond donors (Lipinski definition) is 2. The number of likely N-dealkylation sites (tertiary alicyclic amines) is 2. The van der Waals surface area contributed by atoms with Crippen LogP contribution in [0.15, 0.2) is 24.3 Å². The van der Waals surface area contributed by atoms with E-state index in [2.05, 4.69) is 10.2 Å². The quantitative estimate of drug-likeness (QED) is 0.599. The average Bonchev–Trinajstić information content (AvgIpc) is 3.14. The molecule has 0 aliphatic carbocycles. The van der Waals surface area contributed by atoms with Crippen molar-refractivity contribution in [2.75, 3.05) is 46.5 Å². The Bertz CT molecular complexity index is 720. The van der Waals surface area contributed by atoms with Gasteiger partial charge in [-0.05, 0) is 43.9 Å². The summed E-state index contributed by atoms with van der Waals surface area (Å²) in [4.78, 5) is 29.0. The normalized spacial score (nSPS) is 22.8. The van der Waals surface area contributed by atoms with E-state index in [1.165, 1.54) is 0 Å². The molecular weight excluding hydrogens is 386 g/mol. The van der Waals surface area contributed by atoms with Gasteiger partial charge in [0.05, 0.1) is 18.8 Å². The lowest BCUT2D eigenvalue weighted by Crippen LogP contribution is -2.52. The van der Waals surface area contributed by atoms with Crippen molar-refractivity contribution in [3.63, 3.8) is 0 Å². The van der Waals surface area contributed by atoms with E-state index in [4.69, 9.17) is 9.47 Å². The van der Waals surface area contributed by atoms with Crippen LogP contribution in [-0.4, -0.2) is 91.4 Å². The minimum Gasteiger partial charge on any atom is -0.484 e. The Balaban J connectivity index is 1.47. The number of carbonyl (C=O) groups excluding carboxylic acids is 2. The van der Waals surface area contributed by atoms with Crippen molar-refractivity contribution >= 4 is 11.8 Å². The summed E-state index contributed by atoms with van der Waals surface area (Å²) in [6.07, 6.45) is 1.52. The van der Waals surface area contributed by atoms with Gasteiger partial charge in [-0.1, -0.05) is 12.1 Å². The second-order valence-corrected chi connectivity index (χ2v) is 8.10. The summed E-state index contributed by atoms with van der Waals surface area (Å²) in [7, 11) is 1.60. The summed E-state index contributed by atoms with van der Waals surface area (Å²) < 4.78 is 10.6. The van der Waals surface area contributed by atoms with Crippen LogP contribution in [0.2, 0.25) is 0 Å². The first-order chi connectivity index (χ1) is 14.5. The SMILES string of the molecule is COCCNC(=O)C1CC(O)CN1C1CCN(C(=O)COc2cccc(C)c2)CC1. The summed E-state index contributed by atoms with van der Waals surface area (Å²) in [6.45, 7) is 4.70. The Morgan fingerprint density at radius 3 is 2.73 bits per heavy atom. The zero-order valence-electron chi connectivity index (χ0n) is 17.9. The molecule has 2 amide bonds. The van der Waals surface area contributed by atoms with Gasteiger partial charge < -0.3 is 24.8 Å². The van der Waals surface area contributed by atoms with Gasteiger partial charge in [0.25, 0.3) is 5.91 Å². The maximum Gasteiger partial charge on any atom is 0.260 e. The van der Waals surface area contributed by atoms with Gasteiger partial charge in [-0.2, -0.15) is 0 Å². The van der Waals surface area contributed by atoms with E-state index in [1.807, 2.05) is 36.1 Å². The zero-order valence-corrected chi connectivity index (χ0v) is 17.9. The second kappa shape index (κ2) is 10.7. The molecule has 2 N–H and O–H groups in total. The molecule has 30 heavy (non-hydrogen) atoms. The van der Waals surface area contributed by atoms with Crippen LogP contribution in [0.3, 0.4) is 0 Å². The number of nitrogens with one attached hydrogen (secondary N) is 1. The number of aliphatic hydroxyl groups excluding tert-OH is 1. The van der Waals surface area contributed by atoms with E-state index in [9.17, 15) is 14.7 Å². The van der Waals surface area contributed by atoms with Gasteiger partial charge in [0.15, 0.2) is 6.61 Å². The lowest BCUT2D eigenvalue weighted by atomic mass is 10.0. The van der Waals surface area contributed by atoms with Gasteiger partial charge in [0, 0.05) is 39.3 Å². The highest BCUT2D eigenvalue weighted by Crippen LogP contribution is 2.26. The number of rotatable bonds is 8. The number of methoxy groups -OCH3 is 1.